The molecule has 0 fully saturated rings. The van der Waals surface area contributed by atoms with E-state index in [-0.39, 0.29) is 5.91 Å². The molecule has 0 saturated heterocycles. The zero-order valence-electron chi connectivity index (χ0n) is 12.6. The minimum absolute atomic E-state index is 0.211. The van der Waals surface area contributed by atoms with Crippen LogP contribution in [0, 0.1) is 0 Å². The number of ether oxygens (including phenoxy) is 2. The van der Waals surface area contributed by atoms with Gasteiger partial charge in [-0.3, -0.25) is 4.79 Å². The van der Waals surface area contributed by atoms with Crippen LogP contribution in [0.25, 0.3) is 0 Å². The van der Waals surface area contributed by atoms with Crippen LogP contribution >= 0.6 is 11.6 Å². The third-order valence-corrected chi connectivity index (χ3v) is 3.15. The molecule has 0 radical (unpaired) electrons. The molecule has 1 unspecified atom stereocenters. The lowest BCUT2D eigenvalue weighted by molar-refractivity contribution is -0.127. The summed E-state index contributed by atoms with van der Waals surface area (Å²) in [6.07, 6.45) is -0.642. The van der Waals surface area contributed by atoms with E-state index in [4.69, 9.17) is 21.1 Å². The van der Waals surface area contributed by atoms with Gasteiger partial charge in [0.2, 0.25) is 0 Å². The van der Waals surface area contributed by atoms with Crippen molar-refractivity contribution in [2.24, 2.45) is 0 Å². The first-order chi connectivity index (χ1) is 9.95. The summed E-state index contributed by atoms with van der Waals surface area (Å²) in [5.74, 6) is 0.242. The zero-order valence-corrected chi connectivity index (χ0v) is 13.3. The second kappa shape index (κ2) is 8.87. The number of halogens is 1. The molecule has 1 rings (SSSR count). The van der Waals surface area contributed by atoms with Crippen molar-refractivity contribution in [1.29, 1.82) is 0 Å². The summed E-state index contributed by atoms with van der Waals surface area (Å²) < 4.78 is 10.5. The fraction of sp³-hybridized carbons (Fsp3) is 0.533. The minimum atomic E-state index is -0.726. The summed E-state index contributed by atoms with van der Waals surface area (Å²) in [7, 11) is 1.62. The molecule has 118 valence electrons. The van der Waals surface area contributed by atoms with E-state index in [2.05, 4.69) is 5.32 Å². The van der Waals surface area contributed by atoms with Crippen LogP contribution in [0.15, 0.2) is 18.2 Å². The Morgan fingerprint density at radius 1 is 1.43 bits per heavy atom. The molecule has 5 nitrogen and oxygen atoms in total. The maximum atomic E-state index is 11.9. The van der Waals surface area contributed by atoms with Gasteiger partial charge in [-0.25, -0.2) is 0 Å². The lowest BCUT2D eigenvalue weighted by atomic mass is 10.1. The van der Waals surface area contributed by atoms with Crippen LogP contribution < -0.4 is 10.1 Å². The molecule has 1 aromatic rings. The monoisotopic (exact) mass is 315 g/mol. The van der Waals surface area contributed by atoms with E-state index < -0.39 is 12.2 Å². The number of carbonyl (C=O) groups excluding carboxylic acids is 1. The van der Waals surface area contributed by atoms with Crippen molar-refractivity contribution in [1.82, 2.24) is 5.32 Å². The average Bonchev–Trinajstić information content (AvgIpc) is 2.44. The highest BCUT2D eigenvalue weighted by Crippen LogP contribution is 2.29. The number of carbonyl (C=O) groups is 1. The number of benzene rings is 1. The molecule has 0 aromatic heterocycles. The second-order valence-electron chi connectivity index (χ2n) is 4.76. The van der Waals surface area contributed by atoms with Crippen molar-refractivity contribution in [3.63, 3.8) is 0 Å². The fourth-order valence-corrected chi connectivity index (χ4v) is 1.95. The lowest BCUT2D eigenvalue weighted by Gasteiger charge is -2.18. The summed E-state index contributed by atoms with van der Waals surface area (Å²) in [4.78, 5) is 11.9. The van der Waals surface area contributed by atoms with Gasteiger partial charge in [0.1, 0.15) is 5.75 Å². The molecule has 0 saturated carbocycles. The third-order valence-electron chi connectivity index (χ3n) is 2.92. The molecule has 6 heteroatoms. The van der Waals surface area contributed by atoms with Crippen molar-refractivity contribution >= 4 is 17.5 Å². The van der Waals surface area contributed by atoms with Crippen LogP contribution in [0.2, 0.25) is 5.02 Å². The first-order valence-electron chi connectivity index (χ1n) is 6.86. The number of rotatable bonds is 8. The van der Waals surface area contributed by atoms with Crippen LogP contribution in [-0.4, -0.2) is 37.4 Å². The molecule has 0 aliphatic heterocycles. The minimum Gasteiger partial charge on any atom is -0.481 e. The van der Waals surface area contributed by atoms with Gasteiger partial charge in [-0.15, -0.1) is 0 Å². The predicted molar refractivity (Wildman–Crippen MR) is 81.7 cm³/mol. The van der Waals surface area contributed by atoms with E-state index >= 15 is 0 Å². The number of methoxy groups -OCH3 is 1. The Bertz CT molecular complexity index is 465. The van der Waals surface area contributed by atoms with Crippen LogP contribution in [0.4, 0.5) is 0 Å². The normalized spacial score (nSPS) is 13.6. The Morgan fingerprint density at radius 2 is 2.14 bits per heavy atom. The van der Waals surface area contributed by atoms with Gasteiger partial charge >= 0.3 is 0 Å². The fourth-order valence-electron chi connectivity index (χ4n) is 1.77. The Balaban J connectivity index is 2.61. The maximum absolute atomic E-state index is 11.9. The molecular formula is C15H22ClNO4. The van der Waals surface area contributed by atoms with E-state index in [0.29, 0.717) is 29.5 Å². The number of amides is 1. The molecule has 0 spiro atoms. The zero-order chi connectivity index (χ0) is 15.8. The van der Waals surface area contributed by atoms with Crippen LogP contribution in [-0.2, 0) is 9.53 Å². The summed E-state index contributed by atoms with van der Waals surface area (Å²) in [5.41, 5.74) is 0.557. The van der Waals surface area contributed by atoms with Gasteiger partial charge in [0.15, 0.2) is 6.10 Å². The van der Waals surface area contributed by atoms with Gasteiger partial charge in [-0.05, 0) is 38.5 Å². The van der Waals surface area contributed by atoms with Gasteiger partial charge in [0.05, 0.1) is 6.10 Å². The lowest BCUT2D eigenvalue weighted by Crippen LogP contribution is -2.37. The van der Waals surface area contributed by atoms with E-state index in [0.717, 1.165) is 6.42 Å². The van der Waals surface area contributed by atoms with Gasteiger partial charge in [0.25, 0.3) is 5.91 Å². The SMILES string of the molecule is COCCCNC(=O)C(C)Oc1ccc(Cl)cc1[C@H](C)O. The molecule has 21 heavy (non-hydrogen) atoms. The number of hydrogen-bond donors (Lipinski definition) is 2. The molecule has 0 bridgehead atoms. The summed E-state index contributed by atoms with van der Waals surface area (Å²) in [6, 6.07) is 4.94. The van der Waals surface area contributed by atoms with Crippen molar-refractivity contribution in [3.8, 4) is 5.75 Å². The van der Waals surface area contributed by atoms with Gasteiger partial charge in [-0.1, -0.05) is 11.6 Å². The topological polar surface area (TPSA) is 67.8 Å². The van der Waals surface area contributed by atoms with Crippen LogP contribution in [0.3, 0.4) is 0 Å². The van der Waals surface area contributed by atoms with Gasteiger partial charge in [-0.2, -0.15) is 0 Å². The quantitative estimate of drug-likeness (QED) is 0.722. The molecule has 0 aliphatic rings. The van der Waals surface area contributed by atoms with Gasteiger partial charge < -0.3 is 19.9 Å². The molecule has 2 N–H and O–H groups in total. The van der Waals surface area contributed by atoms with Crippen LogP contribution in [0.1, 0.15) is 31.9 Å². The number of aliphatic hydroxyl groups excluding tert-OH is 1. The third kappa shape index (κ3) is 5.91. The smallest absolute Gasteiger partial charge is 0.260 e. The van der Waals surface area contributed by atoms with E-state index in [1.54, 1.807) is 39.2 Å². The van der Waals surface area contributed by atoms with Gasteiger partial charge in [0, 0.05) is 30.8 Å². The van der Waals surface area contributed by atoms with Crippen molar-refractivity contribution < 1.29 is 19.4 Å². The maximum Gasteiger partial charge on any atom is 0.260 e. The number of aliphatic hydroxyl groups is 1. The van der Waals surface area contributed by atoms with Crippen LogP contribution in [0.5, 0.6) is 5.75 Å². The molecule has 0 aliphatic carbocycles. The van der Waals surface area contributed by atoms with E-state index in [9.17, 15) is 9.90 Å². The molecule has 0 heterocycles. The summed E-state index contributed by atoms with van der Waals surface area (Å²) >= 11 is 5.90. The number of nitrogens with one attached hydrogen (secondary N) is 1. The predicted octanol–water partition coefficient (Wildman–Crippen LogP) is 2.31. The molecular weight excluding hydrogens is 294 g/mol. The Morgan fingerprint density at radius 3 is 2.76 bits per heavy atom. The van der Waals surface area contributed by atoms with Crippen molar-refractivity contribution in [2.45, 2.75) is 32.5 Å². The molecule has 2 atom stereocenters. The highest BCUT2D eigenvalue weighted by Gasteiger charge is 2.17. The van der Waals surface area contributed by atoms with Crippen molar-refractivity contribution in [3.05, 3.63) is 28.8 Å². The summed E-state index contributed by atoms with van der Waals surface area (Å²) in [5, 5.41) is 13.0. The average molecular weight is 316 g/mol. The van der Waals surface area contributed by atoms with E-state index in [1.165, 1.54) is 0 Å². The highest BCUT2D eigenvalue weighted by molar-refractivity contribution is 6.30. The number of hydrogen-bond acceptors (Lipinski definition) is 4. The first kappa shape index (κ1) is 17.8. The van der Waals surface area contributed by atoms with Crippen molar-refractivity contribution in [2.75, 3.05) is 20.3 Å². The molecule has 1 amide bonds. The first-order valence-corrected chi connectivity index (χ1v) is 7.24. The second-order valence-corrected chi connectivity index (χ2v) is 5.19. The Labute approximate surface area is 130 Å². The summed E-state index contributed by atoms with van der Waals surface area (Å²) in [6.45, 7) is 4.41. The largest absolute Gasteiger partial charge is 0.481 e. The Hall–Kier alpha value is -1.30. The Kier molecular flexibility index (Phi) is 7.50. The highest BCUT2D eigenvalue weighted by atomic mass is 35.5. The van der Waals surface area contributed by atoms with E-state index in [1.807, 2.05) is 0 Å². The standard InChI is InChI=1S/C15H22ClNO4/c1-10(18)13-9-12(16)5-6-14(13)21-11(2)15(19)17-7-4-8-20-3/h5-6,9-11,18H,4,7-8H2,1-3H3,(H,17,19)/t10-,11?/m0/s1. The molecule has 1 aromatic carbocycles.